The van der Waals surface area contributed by atoms with Gasteiger partial charge in [0.15, 0.2) is 6.29 Å². The van der Waals surface area contributed by atoms with Gasteiger partial charge in [-0.05, 0) is 57.8 Å². The molecule has 0 radical (unpaired) electrons. The molecule has 0 aromatic rings. The van der Waals surface area contributed by atoms with Crippen molar-refractivity contribution in [1.82, 2.24) is 5.32 Å². The summed E-state index contributed by atoms with van der Waals surface area (Å²) in [7, 11) is 0. The van der Waals surface area contributed by atoms with E-state index < -0.39 is 49.5 Å². The normalized spacial score (nSPS) is 17.4. The number of nitrogens with one attached hydrogen (secondary N) is 1. The van der Waals surface area contributed by atoms with Gasteiger partial charge in [0, 0.05) is 12.8 Å². The van der Waals surface area contributed by atoms with Crippen molar-refractivity contribution in [2.24, 2.45) is 0 Å². The first-order chi connectivity index (χ1) is 46.7. The van der Waals surface area contributed by atoms with Crippen LogP contribution in [-0.2, 0) is 23.8 Å². The van der Waals surface area contributed by atoms with E-state index in [4.69, 9.17) is 14.2 Å². The number of allylic oxidation sites excluding steroid dienone is 3. The van der Waals surface area contributed by atoms with Gasteiger partial charge in [0.1, 0.15) is 24.4 Å². The van der Waals surface area contributed by atoms with Crippen LogP contribution in [0.5, 0.6) is 0 Å². The van der Waals surface area contributed by atoms with Gasteiger partial charge in [-0.25, -0.2) is 0 Å². The monoisotopic (exact) mass is 1340 g/mol. The highest BCUT2D eigenvalue weighted by Gasteiger charge is 2.44. The van der Waals surface area contributed by atoms with Crippen LogP contribution in [0.15, 0.2) is 24.3 Å². The molecule has 1 aliphatic heterocycles. The van der Waals surface area contributed by atoms with Crippen molar-refractivity contribution in [3.05, 3.63) is 24.3 Å². The van der Waals surface area contributed by atoms with Gasteiger partial charge in [-0.1, -0.05) is 391 Å². The summed E-state index contributed by atoms with van der Waals surface area (Å²) in [5, 5.41) is 54.6. The highest BCUT2D eigenvalue weighted by atomic mass is 16.7. The fraction of sp³-hybridized carbons (Fsp3) is 0.929. The zero-order valence-electron chi connectivity index (χ0n) is 62.9. The van der Waals surface area contributed by atoms with E-state index in [0.717, 1.165) is 51.4 Å². The maximum Gasteiger partial charge on any atom is 0.305 e. The molecule has 1 fully saturated rings. The Morgan fingerprint density at radius 1 is 0.379 bits per heavy atom. The SMILES string of the molecule is CCCCCCCCCCCCC/C=C/C(O)C(COC1OC(CO)C(O)C(O)C1O)NC(=O)CCCCCCCCCCCCCCCCCCC/C=C\CCCCCCCCCCCCCCCCCCCCOC(=O)CCCCCCCCCCCCCCCCC. The quantitative estimate of drug-likeness (QED) is 0.0195. The second-order valence-corrected chi connectivity index (χ2v) is 29.5. The number of esters is 1. The first-order valence-corrected chi connectivity index (χ1v) is 42.1. The van der Waals surface area contributed by atoms with Gasteiger partial charge in [0.2, 0.25) is 5.91 Å². The molecular weight excluding hydrogens is 1180 g/mol. The molecule has 562 valence electrons. The first-order valence-electron chi connectivity index (χ1n) is 42.1. The molecule has 95 heavy (non-hydrogen) atoms. The van der Waals surface area contributed by atoms with Gasteiger partial charge >= 0.3 is 5.97 Å². The molecule has 1 heterocycles. The van der Waals surface area contributed by atoms with Crippen LogP contribution in [0.1, 0.15) is 438 Å². The number of rotatable bonds is 76. The van der Waals surface area contributed by atoms with Crippen molar-refractivity contribution in [2.75, 3.05) is 19.8 Å². The molecule has 0 aromatic carbocycles. The third kappa shape index (κ3) is 61.7. The molecule has 0 spiro atoms. The molecule has 7 atom stereocenters. The Balaban J connectivity index is 1.87. The minimum atomic E-state index is -1.57. The molecular formula is C84H161NO10. The molecule has 1 rings (SSSR count). The molecule has 0 aliphatic carbocycles. The minimum absolute atomic E-state index is 0.0207. The van der Waals surface area contributed by atoms with Gasteiger partial charge in [0.25, 0.3) is 0 Å². The highest BCUT2D eigenvalue weighted by Crippen LogP contribution is 2.24. The van der Waals surface area contributed by atoms with Crippen LogP contribution in [0, 0.1) is 0 Å². The summed E-state index contributed by atoms with van der Waals surface area (Å²) in [6.07, 6.45) is 85.1. The summed E-state index contributed by atoms with van der Waals surface area (Å²) in [4.78, 5) is 25.2. The molecule has 11 heteroatoms. The van der Waals surface area contributed by atoms with Crippen LogP contribution in [0.2, 0.25) is 0 Å². The molecule has 6 N–H and O–H groups in total. The molecule has 1 saturated heterocycles. The summed E-state index contributed by atoms with van der Waals surface area (Å²) < 4.78 is 16.8. The lowest BCUT2D eigenvalue weighted by atomic mass is 9.99. The first kappa shape index (κ1) is 91.2. The number of hydrogen-bond donors (Lipinski definition) is 6. The van der Waals surface area contributed by atoms with E-state index in [0.29, 0.717) is 19.4 Å². The van der Waals surface area contributed by atoms with Crippen molar-refractivity contribution in [2.45, 2.75) is 480 Å². The molecule has 1 amide bonds. The van der Waals surface area contributed by atoms with E-state index in [1.807, 2.05) is 6.08 Å². The summed E-state index contributed by atoms with van der Waals surface area (Å²) in [5.74, 6) is -0.154. The molecule has 7 unspecified atom stereocenters. The van der Waals surface area contributed by atoms with Gasteiger partial charge in [-0.3, -0.25) is 9.59 Å². The van der Waals surface area contributed by atoms with Gasteiger partial charge in [-0.2, -0.15) is 0 Å². The number of hydrogen-bond acceptors (Lipinski definition) is 10. The fourth-order valence-electron chi connectivity index (χ4n) is 13.7. The second kappa shape index (κ2) is 73.4. The molecule has 0 aromatic heterocycles. The van der Waals surface area contributed by atoms with Crippen LogP contribution in [0.4, 0.5) is 0 Å². The van der Waals surface area contributed by atoms with Crippen LogP contribution in [-0.4, -0.2) is 100 Å². The lowest BCUT2D eigenvalue weighted by Crippen LogP contribution is -2.60. The Bertz CT molecular complexity index is 1630. The predicted molar refractivity (Wildman–Crippen MR) is 403 cm³/mol. The van der Waals surface area contributed by atoms with Crippen molar-refractivity contribution >= 4 is 11.9 Å². The summed E-state index contributed by atoms with van der Waals surface area (Å²) in [5.41, 5.74) is 0. The topological polar surface area (TPSA) is 175 Å². The van der Waals surface area contributed by atoms with Crippen LogP contribution in [0.3, 0.4) is 0 Å². The molecule has 11 nitrogen and oxygen atoms in total. The van der Waals surface area contributed by atoms with Crippen LogP contribution < -0.4 is 5.32 Å². The van der Waals surface area contributed by atoms with E-state index in [1.54, 1.807) is 6.08 Å². The Morgan fingerprint density at radius 2 is 0.674 bits per heavy atom. The maximum atomic E-state index is 13.1. The number of ether oxygens (including phenoxy) is 3. The predicted octanol–water partition coefficient (Wildman–Crippen LogP) is 23.1. The number of unbranched alkanes of at least 4 members (excludes halogenated alkanes) is 60. The van der Waals surface area contributed by atoms with Crippen molar-refractivity contribution in [1.29, 1.82) is 0 Å². The summed E-state index contributed by atoms with van der Waals surface area (Å²) >= 11 is 0. The van der Waals surface area contributed by atoms with E-state index >= 15 is 0 Å². The zero-order valence-corrected chi connectivity index (χ0v) is 62.9. The van der Waals surface area contributed by atoms with E-state index in [-0.39, 0.29) is 18.5 Å². The minimum Gasteiger partial charge on any atom is -0.466 e. The van der Waals surface area contributed by atoms with Crippen LogP contribution >= 0.6 is 0 Å². The largest absolute Gasteiger partial charge is 0.466 e. The Morgan fingerprint density at radius 3 is 1.01 bits per heavy atom. The third-order valence-corrected chi connectivity index (χ3v) is 20.3. The molecule has 0 saturated carbocycles. The molecule has 0 bridgehead atoms. The van der Waals surface area contributed by atoms with Crippen molar-refractivity contribution < 1.29 is 49.3 Å². The number of carbonyl (C=O) groups excluding carboxylic acids is 2. The fourth-order valence-corrected chi connectivity index (χ4v) is 13.7. The molecule has 1 aliphatic rings. The average Bonchev–Trinajstić information content (AvgIpc) is 0.841. The maximum absolute atomic E-state index is 13.1. The summed E-state index contributed by atoms with van der Waals surface area (Å²) in [6.45, 7) is 4.41. The smallest absolute Gasteiger partial charge is 0.305 e. The van der Waals surface area contributed by atoms with Crippen molar-refractivity contribution in [3.8, 4) is 0 Å². The average molecular weight is 1350 g/mol. The van der Waals surface area contributed by atoms with Gasteiger partial charge in [-0.15, -0.1) is 0 Å². The Hall–Kier alpha value is -1.86. The van der Waals surface area contributed by atoms with E-state index in [1.165, 1.54) is 360 Å². The van der Waals surface area contributed by atoms with Crippen LogP contribution in [0.25, 0.3) is 0 Å². The third-order valence-electron chi connectivity index (χ3n) is 20.3. The standard InChI is InChI=1S/C84H161NO10/c1-3-5-7-9-11-13-15-17-43-48-52-56-60-64-68-72-80(89)93-73-69-65-61-57-53-49-45-42-40-38-36-34-32-30-28-26-24-22-20-18-19-21-23-25-27-29-31-33-35-37-39-41-44-47-51-55-59-63-67-71-79(88)85-76(75-94-84-83(92)82(91)81(90)78(74-86)95-84)77(87)70-66-62-58-54-50-46-16-14-12-10-8-6-4-2/h18-19,66,70,76-78,81-84,86-87,90-92H,3-17,20-65,67-69,71-75H2,1-2H3,(H,85,88)/b19-18-,70-66+. The van der Waals surface area contributed by atoms with E-state index in [9.17, 15) is 35.1 Å². The lowest BCUT2D eigenvalue weighted by molar-refractivity contribution is -0.302. The van der Waals surface area contributed by atoms with Gasteiger partial charge < -0.3 is 45.1 Å². The highest BCUT2D eigenvalue weighted by molar-refractivity contribution is 5.76. The number of amides is 1. The second-order valence-electron chi connectivity index (χ2n) is 29.5. The number of carbonyl (C=O) groups is 2. The number of aliphatic hydroxyl groups excluding tert-OH is 5. The lowest BCUT2D eigenvalue weighted by Gasteiger charge is -2.40. The van der Waals surface area contributed by atoms with E-state index in [2.05, 4.69) is 31.3 Å². The summed E-state index contributed by atoms with van der Waals surface area (Å²) in [6, 6.07) is -0.806. The number of aliphatic hydroxyl groups is 5. The van der Waals surface area contributed by atoms with Crippen molar-refractivity contribution in [3.63, 3.8) is 0 Å². The zero-order chi connectivity index (χ0) is 68.6. The van der Waals surface area contributed by atoms with Gasteiger partial charge in [0.05, 0.1) is 32.0 Å². The Labute approximate surface area is 588 Å². The Kier molecular flexibility index (Phi) is 70.4.